The standard InChI is InChI=1S/C21H10BrF5O5S2/c22-10-6-8-19(34-10)18-7(20-21(8,31-3-1-29-20)32-4-2-30-20)5-9(33-18)17(28)11-12(23)14(25)16(27)15(26)13(11)24/h5-6H,1-4H2. The van der Waals surface area contributed by atoms with Gasteiger partial charge in [-0.3, -0.25) is 4.79 Å². The molecule has 0 radical (unpaired) electrons. The number of fused-ring (bicyclic) bond motifs is 3. The first-order chi connectivity index (χ1) is 16.2. The van der Waals surface area contributed by atoms with Gasteiger partial charge in [0.05, 0.1) is 44.8 Å². The zero-order chi connectivity index (χ0) is 24.0. The third kappa shape index (κ3) is 2.74. The predicted molar refractivity (Wildman–Crippen MR) is 112 cm³/mol. The lowest BCUT2D eigenvalue weighted by molar-refractivity contribution is -0.483. The van der Waals surface area contributed by atoms with Crippen molar-refractivity contribution < 1.29 is 45.7 Å². The van der Waals surface area contributed by atoms with Crippen LogP contribution in [0, 0.1) is 29.1 Å². The molecule has 0 amide bonds. The molecule has 0 saturated carbocycles. The maximum absolute atomic E-state index is 14.4. The highest BCUT2D eigenvalue weighted by atomic mass is 79.9. The van der Waals surface area contributed by atoms with Crippen molar-refractivity contribution in [3.63, 3.8) is 0 Å². The van der Waals surface area contributed by atoms with Gasteiger partial charge >= 0.3 is 0 Å². The van der Waals surface area contributed by atoms with Crippen molar-refractivity contribution in [2.75, 3.05) is 26.4 Å². The van der Waals surface area contributed by atoms with Gasteiger partial charge in [0.25, 0.3) is 11.6 Å². The molecule has 4 heterocycles. The Kier molecular flexibility index (Phi) is 5.09. The monoisotopic (exact) mass is 580 g/mol. The summed E-state index contributed by atoms with van der Waals surface area (Å²) in [6.07, 6.45) is 0. The summed E-state index contributed by atoms with van der Waals surface area (Å²) < 4.78 is 94.7. The van der Waals surface area contributed by atoms with Gasteiger partial charge in [0.15, 0.2) is 23.3 Å². The minimum Gasteiger partial charge on any atom is -0.339 e. The van der Waals surface area contributed by atoms with Crippen molar-refractivity contribution in [2.45, 2.75) is 11.6 Å². The van der Waals surface area contributed by atoms with E-state index in [1.54, 1.807) is 6.07 Å². The van der Waals surface area contributed by atoms with Gasteiger partial charge < -0.3 is 18.9 Å². The average molecular weight is 581 g/mol. The van der Waals surface area contributed by atoms with E-state index in [0.717, 1.165) is 11.3 Å². The number of ether oxygens (including phenoxy) is 4. The SMILES string of the molecule is O=C(c1cc2c(s1)-c1sc(Br)cc1C13OCCOC21OCCO3)c1c(F)c(F)c(F)c(F)c1F. The third-order valence-electron chi connectivity index (χ3n) is 5.83. The van der Waals surface area contributed by atoms with Crippen LogP contribution in [-0.2, 0) is 30.5 Å². The number of benzene rings is 1. The lowest BCUT2D eigenvalue weighted by Crippen LogP contribution is -2.63. The van der Waals surface area contributed by atoms with Crippen molar-refractivity contribution >= 4 is 44.4 Å². The topological polar surface area (TPSA) is 54.0 Å². The van der Waals surface area contributed by atoms with Crippen LogP contribution in [0.25, 0.3) is 9.75 Å². The highest BCUT2D eigenvalue weighted by molar-refractivity contribution is 9.11. The van der Waals surface area contributed by atoms with E-state index in [1.165, 1.54) is 17.4 Å². The van der Waals surface area contributed by atoms with Crippen LogP contribution in [-0.4, -0.2) is 32.2 Å². The maximum atomic E-state index is 14.4. The number of carbonyl (C=O) groups is 1. The van der Waals surface area contributed by atoms with Crippen LogP contribution in [0.1, 0.15) is 26.4 Å². The Bertz CT molecular complexity index is 1350. The molecule has 13 heteroatoms. The van der Waals surface area contributed by atoms with E-state index in [0.29, 0.717) is 24.7 Å². The Morgan fingerprint density at radius 2 is 1.18 bits per heavy atom. The number of thiophene rings is 2. The summed E-state index contributed by atoms with van der Waals surface area (Å²) in [5.41, 5.74) is -0.646. The summed E-state index contributed by atoms with van der Waals surface area (Å²) in [6.45, 7) is 0.631. The van der Waals surface area contributed by atoms with Gasteiger partial charge in [-0.1, -0.05) is 0 Å². The summed E-state index contributed by atoms with van der Waals surface area (Å²) in [5.74, 6) is -15.6. The van der Waals surface area contributed by atoms with Crippen LogP contribution < -0.4 is 0 Å². The molecule has 3 aromatic rings. The van der Waals surface area contributed by atoms with Crippen LogP contribution in [0.4, 0.5) is 22.0 Å². The largest absolute Gasteiger partial charge is 0.339 e. The Balaban J connectivity index is 1.59. The van der Waals surface area contributed by atoms with Gasteiger partial charge in [0.2, 0.25) is 11.6 Å². The molecule has 6 rings (SSSR count). The highest BCUT2D eigenvalue weighted by Crippen LogP contribution is 2.63. The fourth-order valence-corrected chi connectivity index (χ4v) is 7.43. The second kappa shape index (κ2) is 7.63. The molecule has 1 aromatic carbocycles. The van der Waals surface area contributed by atoms with Gasteiger partial charge in [0, 0.05) is 11.1 Å². The van der Waals surface area contributed by atoms with E-state index >= 15 is 0 Å². The fraction of sp³-hybridized carbons (Fsp3) is 0.286. The molecule has 34 heavy (non-hydrogen) atoms. The van der Waals surface area contributed by atoms with E-state index < -0.39 is 52.0 Å². The lowest BCUT2D eigenvalue weighted by atomic mass is 9.83. The molecule has 5 nitrogen and oxygen atoms in total. The van der Waals surface area contributed by atoms with Gasteiger partial charge in [-0.15, -0.1) is 22.7 Å². The van der Waals surface area contributed by atoms with Crippen molar-refractivity contribution in [1.29, 1.82) is 0 Å². The summed E-state index contributed by atoms with van der Waals surface area (Å²) in [7, 11) is 0. The molecule has 1 aliphatic carbocycles. The number of hydrogen-bond acceptors (Lipinski definition) is 7. The normalized spacial score (nSPS) is 25.4. The van der Waals surface area contributed by atoms with Crippen LogP contribution in [0.15, 0.2) is 15.9 Å². The summed E-state index contributed by atoms with van der Waals surface area (Å²) in [4.78, 5) is 13.9. The van der Waals surface area contributed by atoms with E-state index in [1.807, 2.05) is 0 Å². The minimum absolute atomic E-state index is 0.127. The van der Waals surface area contributed by atoms with Crippen molar-refractivity contribution in [1.82, 2.24) is 0 Å². The van der Waals surface area contributed by atoms with E-state index in [2.05, 4.69) is 15.9 Å². The number of carbonyl (C=O) groups excluding carboxylic acids is 1. The molecule has 2 saturated heterocycles. The number of halogens is 6. The first-order valence-corrected chi connectivity index (χ1v) is 12.2. The van der Waals surface area contributed by atoms with Crippen LogP contribution in [0.3, 0.4) is 0 Å². The molecular formula is C21H10BrF5O5S2. The summed E-state index contributed by atoms with van der Waals surface area (Å²) >= 11 is 5.56. The summed E-state index contributed by atoms with van der Waals surface area (Å²) in [5, 5.41) is 0. The minimum atomic E-state index is -2.34. The molecule has 2 fully saturated rings. The molecule has 0 unspecified atom stereocenters. The second-order valence-corrected chi connectivity index (χ2v) is 11.0. The van der Waals surface area contributed by atoms with Gasteiger partial charge in [-0.25, -0.2) is 22.0 Å². The third-order valence-corrected chi connectivity index (χ3v) is 8.77. The number of hydrogen-bond donors (Lipinski definition) is 0. The van der Waals surface area contributed by atoms with Crippen molar-refractivity contribution in [2.24, 2.45) is 0 Å². The van der Waals surface area contributed by atoms with Gasteiger partial charge in [0.1, 0.15) is 5.56 Å². The highest BCUT2D eigenvalue weighted by Gasteiger charge is 2.67. The summed E-state index contributed by atoms with van der Waals surface area (Å²) in [6, 6.07) is 3.04. The molecule has 178 valence electrons. The molecule has 0 spiro atoms. The molecule has 0 atom stereocenters. The fourth-order valence-electron chi connectivity index (χ4n) is 4.49. The van der Waals surface area contributed by atoms with Crippen LogP contribution >= 0.6 is 38.6 Å². The molecule has 0 bridgehead atoms. The molecular weight excluding hydrogens is 571 g/mol. The molecule has 2 aromatic heterocycles. The quantitative estimate of drug-likeness (QED) is 0.171. The van der Waals surface area contributed by atoms with Gasteiger partial charge in [-0.05, 0) is 28.1 Å². The number of ketones is 1. The average Bonchev–Trinajstić information content (AvgIpc) is 3.46. The Morgan fingerprint density at radius 3 is 1.71 bits per heavy atom. The predicted octanol–water partition coefficient (Wildman–Crippen LogP) is 5.58. The molecule has 3 aliphatic rings. The van der Waals surface area contributed by atoms with E-state index in [9.17, 15) is 26.7 Å². The second-order valence-electron chi connectivity index (χ2n) is 7.55. The van der Waals surface area contributed by atoms with Gasteiger partial charge in [-0.2, -0.15) is 0 Å². The van der Waals surface area contributed by atoms with Crippen LogP contribution in [0.2, 0.25) is 0 Å². The van der Waals surface area contributed by atoms with Crippen molar-refractivity contribution in [3.8, 4) is 9.75 Å². The lowest BCUT2D eigenvalue weighted by Gasteiger charge is -2.55. The van der Waals surface area contributed by atoms with E-state index in [4.69, 9.17) is 18.9 Å². The smallest absolute Gasteiger partial charge is 0.257 e. The Labute approximate surface area is 204 Å². The number of rotatable bonds is 2. The maximum Gasteiger partial charge on any atom is 0.257 e. The molecule has 0 N–H and O–H groups in total. The first kappa shape index (κ1) is 22.7. The first-order valence-electron chi connectivity index (χ1n) is 9.78. The Morgan fingerprint density at radius 1 is 0.735 bits per heavy atom. The zero-order valence-corrected chi connectivity index (χ0v) is 19.8. The Hall–Kier alpha value is -1.74. The van der Waals surface area contributed by atoms with E-state index in [-0.39, 0.29) is 31.3 Å². The molecule has 2 aliphatic heterocycles. The zero-order valence-electron chi connectivity index (χ0n) is 16.6. The van der Waals surface area contributed by atoms with Crippen LogP contribution in [0.5, 0.6) is 0 Å². The van der Waals surface area contributed by atoms with Crippen molar-refractivity contribution in [3.05, 3.63) is 66.6 Å².